The normalized spacial score (nSPS) is 20.3. The lowest BCUT2D eigenvalue weighted by Gasteiger charge is -2.34. The Morgan fingerprint density at radius 3 is 2.53 bits per heavy atom. The summed E-state index contributed by atoms with van der Waals surface area (Å²) in [6.07, 6.45) is 4.38. The molecule has 1 N–H and O–H groups in total. The Morgan fingerprint density at radius 2 is 1.84 bits per heavy atom. The van der Waals surface area contributed by atoms with Gasteiger partial charge >= 0.3 is 5.97 Å². The van der Waals surface area contributed by atoms with Crippen LogP contribution in [-0.4, -0.2) is 17.9 Å². The highest BCUT2D eigenvalue weighted by molar-refractivity contribution is 5.83. The summed E-state index contributed by atoms with van der Waals surface area (Å²) in [5.41, 5.74) is 0.981. The number of carboxylic acid groups (broad SMARTS) is 1. The van der Waals surface area contributed by atoms with Gasteiger partial charge in [0.15, 0.2) is 11.5 Å². The second-order valence-corrected chi connectivity index (χ2v) is 5.44. The zero-order chi connectivity index (χ0) is 13.5. The maximum atomic E-state index is 11.9. The van der Waals surface area contributed by atoms with Crippen LogP contribution in [0.25, 0.3) is 0 Å². The third-order valence-corrected chi connectivity index (χ3v) is 4.35. The molecule has 1 aliphatic heterocycles. The molecule has 1 aromatic carbocycles. The topological polar surface area (TPSA) is 55.8 Å². The van der Waals surface area contributed by atoms with Crippen LogP contribution in [-0.2, 0) is 10.2 Å². The molecule has 1 aromatic rings. The summed E-state index contributed by atoms with van der Waals surface area (Å²) in [5.74, 6) is 0.613. The highest BCUT2D eigenvalue weighted by Crippen LogP contribution is 2.49. The third-order valence-electron chi connectivity index (χ3n) is 4.35. The van der Waals surface area contributed by atoms with Crippen LogP contribution >= 0.6 is 0 Å². The first-order chi connectivity index (χ1) is 9.15. The molecule has 1 fully saturated rings. The van der Waals surface area contributed by atoms with Crippen molar-refractivity contribution in [2.75, 3.05) is 6.79 Å². The number of benzene rings is 1. The molecule has 0 amide bonds. The highest BCUT2D eigenvalue weighted by atomic mass is 16.7. The quantitative estimate of drug-likeness (QED) is 0.890. The molecule has 3 rings (SSSR count). The minimum atomic E-state index is -0.802. The Hall–Kier alpha value is -1.71. The number of hydrogen-bond acceptors (Lipinski definition) is 3. The van der Waals surface area contributed by atoms with E-state index in [1.807, 2.05) is 19.1 Å². The Kier molecular flexibility index (Phi) is 2.88. The summed E-state index contributed by atoms with van der Waals surface area (Å²) in [6.45, 7) is 2.13. The number of aliphatic carboxylic acids is 1. The number of fused-ring (bicyclic) bond motifs is 1. The number of carbonyl (C=O) groups is 1. The van der Waals surface area contributed by atoms with Gasteiger partial charge in [-0.25, -0.2) is 0 Å². The molecule has 0 spiro atoms. The summed E-state index contributed by atoms with van der Waals surface area (Å²) < 4.78 is 11.0. The van der Waals surface area contributed by atoms with E-state index in [0.29, 0.717) is 24.3 Å². The standard InChI is InChI=1S/C15H18O4/c1-10-5-6-11(13-12(10)18-9-19-13)15(14(16)17)7-3-2-4-8-15/h5-6H,2-4,7-9H2,1H3,(H,16,17). The molecule has 1 heterocycles. The summed E-state index contributed by atoms with van der Waals surface area (Å²) >= 11 is 0. The van der Waals surface area contributed by atoms with Gasteiger partial charge in [0.25, 0.3) is 0 Å². The molecule has 1 saturated carbocycles. The van der Waals surface area contributed by atoms with Gasteiger partial charge in [-0.15, -0.1) is 0 Å². The van der Waals surface area contributed by atoms with Crippen molar-refractivity contribution in [1.29, 1.82) is 0 Å². The molecule has 0 atom stereocenters. The first-order valence-electron chi connectivity index (χ1n) is 6.78. The minimum absolute atomic E-state index is 0.183. The molecule has 1 aliphatic carbocycles. The summed E-state index contributed by atoms with van der Waals surface area (Å²) in [4.78, 5) is 11.9. The Morgan fingerprint density at radius 1 is 1.16 bits per heavy atom. The van der Waals surface area contributed by atoms with E-state index >= 15 is 0 Å². The van der Waals surface area contributed by atoms with Gasteiger partial charge in [0, 0.05) is 5.56 Å². The first kappa shape index (κ1) is 12.3. The van der Waals surface area contributed by atoms with Gasteiger partial charge in [-0.2, -0.15) is 0 Å². The fourth-order valence-corrected chi connectivity index (χ4v) is 3.26. The Bertz CT molecular complexity index is 515. The van der Waals surface area contributed by atoms with Crippen LogP contribution in [0.2, 0.25) is 0 Å². The number of carboxylic acids is 1. The van der Waals surface area contributed by atoms with Gasteiger partial charge in [0.05, 0.1) is 5.41 Å². The maximum Gasteiger partial charge on any atom is 0.314 e. The van der Waals surface area contributed by atoms with Crippen LogP contribution in [0, 0.1) is 6.92 Å². The lowest BCUT2D eigenvalue weighted by molar-refractivity contribution is -0.145. The first-order valence-corrected chi connectivity index (χ1v) is 6.78. The van der Waals surface area contributed by atoms with E-state index in [9.17, 15) is 9.90 Å². The number of ether oxygens (including phenoxy) is 2. The SMILES string of the molecule is Cc1ccc(C2(C(=O)O)CCCCC2)c2c1OCO2. The zero-order valence-corrected chi connectivity index (χ0v) is 11.1. The van der Waals surface area contributed by atoms with Crippen LogP contribution in [0.4, 0.5) is 0 Å². The predicted molar refractivity (Wildman–Crippen MR) is 69.7 cm³/mol. The van der Waals surface area contributed by atoms with Gasteiger partial charge in [0.2, 0.25) is 6.79 Å². The average molecular weight is 262 g/mol. The smallest absolute Gasteiger partial charge is 0.314 e. The maximum absolute atomic E-state index is 11.9. The molecule has 0 unspecified atom stereocenters. The van der Waals surface area contributed by atoms with Crippen LogP contribution in [0.1, 0.15) is 43.2 Å². The van der Waals surface area contributed by atoms with Gasteiger partial charge in [-0.1, -0.05) is 31.4 Å². The van der Waals surface area contributed by atoms with Crippen LogP contribution < -0.4 is 9.47 Å². The van der Waals surface area contributed by atoms with E-state index < -0.39 is 11.4 Å². The van der Waals surface area contributed by atoms with Crippen molar-refractivity contribution in [3.63, 3.8) is 0 Å². The van der Waals surface area contributed by atoms with Gasteiger partial charge in [-0.3, -0.25) is 4.79 Å². The monoisotopic (exact) mass is 262 g/mol. The fourth-order valence-electron chi connectivity index (χ4n) is 3.26. The van der Waals surface area contributed by atoms with E-state index in [2.05, 4.69) is 0 Å². The van der Waals surface area contributed by atoms with E-state index in [0.717, 1.165) is 30.4 Å². The molecule has 4 nitrogen and oxygen atoms in total. The molecule has 0 bridgehead atoms. The molecule has 19 heavy (non-hydrogen) atoms. The molecule has 0 radical (unpaired) electrons. The van der Waals surface area contributed by atoms with Crippen molar-refractivity contribution >= 4 is 5.97 Å². The predicted octanol–water partition coefficient (Wildman–Crippen LogP) is 3.01. The molecular weight excluding hydrogens is 244 g/mol. The fraction of sp³-hybridized carbons (Fsp3) is 0.533. The van der Waals surface area contributed by atoms with Crippen molar-refractivity contribution in [1.82, 2.24) is 0 Å². The van der Waals surface area contributed by atoms with Crippen molar-refractivity contribution < 1.29 is 19.4 Å². The average Bonchev–Trinajstić information content (AvgIpc) is 2.90. The lowest BCUT2D eigenvalue weighted by Crippen LogP contribution is -2.38. The highest BCUT2D eigenvalue weighted by Gasteiger charge is 2.44. The van der Waals surface area contributed by atoms with Crippen molar-refractivity contribution in [2.45, 2.75) is 44.4 Å². The second kappa shape index (κ2) is 4.44. The van der Waals surface area contributed by atoms with Crippen LogP contribution in [0.5, 0.6) is 11.5 Å². The van der Waals surface area contributed by atoms with Gasteiger partial charge < -0.3 is 14.6 Å². The van der Waals surface area contributed by atoms with Crippen molar-refractivity contribution in [3.05, 3.63) is 23.3 Å². The molecule has 0 aromatic heterocycles. The van der Waals surface area contributed by atoms with Gasteiger partial charge in [-0.05, 0) is 25.3 Å². The van der Waals surface area contributed by atoms with E-state index in [1.54, 1.807) is 0 Å². The van der Waals surface area contributed by atoms with E-state index in [4.69, 9.17) is 9.47 Å². The van der Waals surface area contributed by atoms with Crippen molar-refractivity contribution in [2.24, 2.45) is 0 Å². The molecule has 4 heteroatoms. The second-order valence-electron chi connectivity index (χ2n) is 5.44. The number of rotatable bonds is 2. The van der Waals surface area contributed by atoms with Gasteiger partial charge in [0.1, 0.15) is 0 Å². The Balaban J connectivity index is 2.14. The molecular formula is C15H18O4. The minimum Gasteiger partial charge on any atom is -0.481 e. The zero-order valence-electron chi connectivity index (χ0n) is 11.1. The number of aryl methyl sites for hydroxylation is 1. The van der Waals surface area contributed by atoms with E-state index in [1.165, 1.54) is 0 Å². The molecule has 2 aliphatic rings. The third kappa shape index (κ3) is 1.78. The largest absolute Gasteiger partial charge is 0.481 e. The summed E-state index contributed by atoms with van der Waals surface area (Å²) in [5, 5.41) is 9.75. The van der Waals surface area contributed by atoms with Crippen molar-refractivity contribution in [3.8, 4) is 11.5 Å². The summed E-state index contributed by atoms with van der Waals surface area (Å²) in [6, 6.07) is 3.84. The summed E-state index contributed by atoms with van der Waals surface area (Å²) in [7, 11) is 0. The molecule has 102 valence electrons. The lowest BCUT2D eigenvalue weighted by atomic mass is 9.69. The van der Waals surface area contributed by atoms with Crippen LogP contribution in [0.15, 0.2) is 12.1 Å². The number of hydrogen-bond donors (Lipinski definition) is 1. The molecule has 0 saturated heterocycles. The van der Waals surface area contributed by atoms with Crippen LogP contribution in [0.3, 0.4) is 0 Å². The van der Waals surface area contributed by atoms with E-state index in [-0.39, 0.29) is 6.79 Å². The Labute approximate surface area is 112 Å².